The zero-order valence-electron chi connectivity index (χ0n) is 13.5. The summed E-state index contributed by atoms with van der Waals surface area (Å²) in [4.78, 5) is 24.4. The van der Waals surface area contributed by atoms with Gasteiger partial charge in [0, 0.05) is 10.7 Å². The molecule has 1 aliphatic rings. The van der Waals surface area contributed by atoms with Gasteiger partial charge in [-0.1, -0.05) is 30.9 Å². The number of halogens is 1. The molecular weight excluding hydrogens is 330 g/mol. The number of nitrogens with two attached hydrogens (primary N) is 1. The van der Waals surface area contributed by atoms with E-state index in [1.807, 2.05) is 0 Å². The summed E-state index contributed by atoms with van der Waals surface area (Å²) in [6, 6.07) is 6.60. The third-order valence-corrected chi connectivity index (χ3v) is 4.41. The molecule has 0 radical (unpaired) electrons. The highest BCUT2D eigenvalue weighted by atomic mass is 35.5. The van der Waals surface area contributed by atoms with Crippen LogP contribution < -0.4 is 11.1 Å². The number of carbonyl (C=O) groups excluding carboxylic acids is 2. The topological polar surface area (TPSA) is 105 Å². The number of anilines is 1. The van der Waals surface area contributed by atoms with Gasteiger partial charge in [0.2, 0.25) is 0 Å². The van der Waals surface area contributed by atoms with Crippen molar-refractivity contribution in [2.45, 2.75) is 50.7 Å². The molecule has 1 atom stereocenters. The van der Waals surface area contributed by atoms with E-state index in [0.717, 1.165) is 19.3 Å². The Kier molecular flexibility index (Phi) is 5.68. The average molecular weight is 350 g/mol. The monoisotopic (exact) mass is 349 g/mol. The molecule has 3 N–H and O–H groups in total. The number of nitrogen functional groups attached to an aromatic ring is 1. The van der Waals surface area contributed by atoms with Crippen LogP contribution in [0.5, 0.6) is 0 Å². The Bertz CT molecular complexity index is 678. The van der Waals surface area contributed by atoms with Crippen LogP contribution in [0.1, 0.15) is 49.4 Å². The number of nitrogens with zero attached hydrogens (tertiary/aromatic N) is 1. The normalized spacial score (nSPS) is 17.4. The highest BCUT2D eigenvalue weighted by Gasteiger charge is 2.35. The highest BCUT2D eigenvalue weighted by molar-refractivity contribution is 6.31. The molecule has 0 saturated heterocycles. The van der Waals surface area contributed by atoms with Crippen LogP contribution in [-0.2, 0) is 9.53 Å². The van der Waals surface area contributed by atoms with Gasteiger partial charge in [0.15, 0.2) is 6.10 Å². The fourth-order valence-electron chi connectivity index (χ4n) is 2.75. The summed E-state index contributed by atoms with van der Waals surface area (Å²) in [6.45, 7) is 1.47. The van der Waals surface area contributed by atoms with E-state index in [9.17, 15) is 14.9 Å². The third kappa shape index (κ3) is 4.18. The minimum Gasteiger partial charge on any atom is -0.449 e. The summed E-state index contributed by atoms with van der Waals surface area (Å²) >= 11 is 5.79. The number of carbonyl (C=O) groups is 2. The molecule has 6 nitrogen and oxygen atoms in total. The molecule has 1 aliphatic carbocycles. The second-order valence-corrected chi connectivity index (χ2v) is 6.46. The maximum atomic E-state index is 12.3. The molecule has 0 aromatic heterocycles. The van der Waals surface area contributed by atoms with Gasteiger partial charge in [-0.15, -0.1) is 0 Å². The van der Waals surface area contributed by atoms with E-state index in [2.05, 4.69) is 11.4 Å². The first-order valence-corrected chi connectivity index (χ1v) is 8.24. The molecule has 1 saturated carbocycles. The van der Waals surface area contributed by atoms with Crippen LogP contribution in [0.3, 0.4) is 0 Å². The van der Waals surface area contributed by atoms with Crippen molar-refractivity contribution in [1.29, 1.82) is 5.26 Å². The maximum absolute atomic E-state index is 12.3. The molecular formula is C17H20ClN3O3. The van der Waals surface area contributed by atoms with E-state index in [-0.39, 0.29) is 11.3 Å². The van der Waals surface area contributed by atoms with Crippen molar-refractivity contribution in [2.24, 2.45) is 0 Å². The molecule has 2 rings (SSSR count). The maximum Gasteiger partial charge on any atom is 0.341 e. The van der Waals surface area contributed by atoms with Crippen molar-refractivity contribution < 1.29 is 14.3 Å². The second kappa shape index (κ2) is 7.54. The lowest BCUT2D eigenvalue weighted by molar-refractivity contribution is -0.130. The van der Waals surface area contributed by atoms with Crippen LogP contribution in [0.2, 0.25) is 5.02 Å². The minimum absolute atomic E-state index is 0.145. The van der Waals surface area contributed by atoms with Crippen molar-refractivity contribution in [3.05, 3.63) is 28.8 Å². The quantitative estimate of drug-likeness (QED) is 0.642. The summed E-state index contributed by atoms with van der Waals surface area (Å²) in [6.07, 6.45) is 3.03. The van der Waals surface area contributed by atoms with Crippen LogP contribution in [0.25, 0.3) is 0 Å². The number of amides is 1. The van der Waals surface area contributed by atoms with Gasteiger partial charge in [-0.25, -0.2) is 4.79 Å². The molecule has 24 heavy (non-hydrogen) atoms. The molecule has 0 spiro atoms. The number of nitriles is 1. The fourth-order valence-corrected chi connectivity index (χ4v) is 2.94. The predicted molar refractivity (Wildman–Crippen MR) is 90.3 cm³/mol. The molecule has 0 heterocycles. The number of hydrogen-bond donors (Lipinski definition) is 2. The fraction of sp³-hybridized carbons (Fsp3) is 0.471. The van der Waals surface area contributed by atoms with E-state index in [4.69, 9.17) is 22.1 Å². The first kappa shape index (κ1) is 18.1. The molecule has 1 fully saturated rings. The molecule has 128 valence electrons. The smallest absolute Gasteiger partial charge is 0.341 e. The number of ether oxygens (including phenoxy) is 1. The first-order chi connectivity index (χ1) is 11.4. The van der Waals surface area contributed by atoms with Crippen molar-refractivity contribution >= 4 is 29.2 Å². The predicted octanol–water partition coefficient (Wildman–Crippen LogP) is 2.81. The van der Waals surface area contributed by atoms with Crippen LogP contribution in [-0.4, -0.2) is 23.5 Å². The second-order valence-electron chi connectivity index (χ2n) is 6.02. The van der Waals surface area contributed by atoms with Crippen molar-refractivity contribution in [1.82, 2.24) is 5.32 Å². The van der Waals surface area contributed by atoms with E-state index >= 15 is 0 Å². The zero-order valence-corrected chi connectivity index (χ0v) is 14.2. The summed E-state index contributed by atoms with van der Waals surface area (Å²) in [5.74, 6) is -1.19. The Morgan fingerprint density at radius 3 is 2.62 bits per heavy atom. The standard InChI is InChI=1S/C17H20ClN3O3/c1-11(15(22)21-17(10-19)7-3-2-4-8-17)24-16(23)13-6-5-12(18)9-14(13)20/h5-6,9,11H,2-4,7-8,20H2,1H3,(H,21,22)/t11-/m0/s1. The van der Waals surface area contributed by atoms with Crippen LogP contribution in [0, 0.1) is 11.3 Å². The highest BCUT2D eigenvalue weighted by Crippen LogP contribution is 2.27. The summed E-state index contributed by atoms with van der Waals surface area (Å²) in [5.41, 5.74) is 5.20. The Morgan fingerprint density at radius 2 is 2.04 bits per heavy atom. The summed E-state index contributed by atoms with van der Waals surface area (Å²) in [5, 5.41) is 12.5. The van der Waals surface area contributed by atoms with E-state index in [1.165, 1.54) is 25.1 Å². The molecule has 0 unspecified atom stereocenters. The molecule has 0 aliphatic heterocycles. The Morgan fingerprint density at radius 1 is 1.38 bits per heavy atom. The molecule has 0 bridgehead atoms. The van der Waals surface area contributed by atoms with Crippen molar-refractivity contribution in [3.8, 4) is 6.07 Å². The van der Waals surface area contributed by atoms with Gasteiger partial charge in [0.1, 0.15) is 5.54 Å². The van der Waals surface area contributed by atoms with Gasteiger partial charge in [-0.3, -0.25) is 4.79 Å². The molecule has 1 amide bonds. The van der Waals surface area contributed by atoms with E-state index < -0.39 is 23.5 Å². The molecule has 1 aromatic carbocycles. The number of nitrogens with one attached hydrogen (secondary N) is 1. The van der Waals surface area contributed by atoms with Gasteiger partial charge in [0.05, 0.1) is 11.6 Å². The van der Waals surface area contributed by atoms with E-state index in [0.29, 0.717) is 17.9 Å². The van der Waals surface area contributed by atoms with Crippen molar-refractivity contribution in [3.63, 3.8) is 0 Å². The Hall–Kier alpha value is -2.26. The third-order valence-electron chi connectivity index (χ3n) is 4.17. The number of rotatable bonds is 4. The average Bonchev–Trinajstić information content (AvgIpc) is 2.55. The lowest BCUT2D eigenvalue weighted by Gasteiger charge is -2.32. The summed E-state index contributed by atoms with van der Waals surface area (Å²) < 4.78 is 5.17. The van der Waals surface area contributed by atoms with Crippen LogP contribution in [0.15, 0.2) is 18.2 Å². The van der Waals surface area contributed by atoms with Crippen molar-refractivity contribution in [2.75, 3.05) is 5.73 Å². The zero-order chi connectivity index (χ0) is 17.7. The van der Waals surface area contributed by atoms with Gasteiger partial charge in [-0.2, -0.15) is 5.26 Å². The van der Waals surface area contributed by atoms with Gasteiger partial charge < -0.3 is 15.8 Å². The number of hydrogen-bond acceptors (Lipinski definition) is 5. The van der Waals surface area contributed by atoms with Gasteiger partial charge in [0.25, 0.3) is 5.91 Å². The number of benzene rings is 1. The Labute approximate surface area is 145 Å². The lowest BCUT2D eigenvalue weighted by Crippen LogP contribution is -2.52. The van der Waals surface area contributed by atoms with Gasteiger partial charge in [-0.05, 0) is 38.0 Å². The molecule has 1 aromatic rings. The van der Waals surface area contributed by atoms with Crippen LogP contribution >= 0.6 is 11.6 Å². The summed E-state index contributed by atoms with van der Waals surface area (Å²) in [7, 11) is 0. The Balaban J connectivity index is 2.00. The first-order valence-electron chi connectivity index (χ1n) is 7.86. The van der Waals surface area contributed by atoms with Gasteiger partial charge >= 0.3 is 5.97 Å². The lowest BCUT2D eigenvalue weighted by atomic mass is 9.83. The van der Waals surface area contributed by atoms with Crippen LogP contribution in [0.4, 0.5) is 5.69 Å². The number of esters is 1. The minimum atomic E-state index is -1.03. The van der Waals surface area contributed by atoms with E-state index in [1.54, 1.807) is 0 Å². The largest absolute Gasteiger partial charge is 0.449 e. The molecule has 7 heteroatoms. The SMILES string of the molecule is C[C@H](OC(=O)c1ccc(Cl)cc1N)C(=O)NC1(C#N)CCCCC1.